The number of carbonyl (C=O) groups excluding carboxylic acids is 1. The van der Waals surface area contributed by atoms with Gasteiger partial charge < -0.3 is 16.2 Å². The van der Waals surface area contributed by atoms with Gasteiger partial charge in [0.15, 0.2) is 0 Å². The molecule has 0 fully saturated rings. The highest BCUT2D eigenvalue weighted by Gasteiger charge is 2.20. The Bertz CT molecular complexity index is 1120. The molecule has 35 heavy (non-hydrogen) atoms. The van der Waals surface area contributed by atoms with Crippen molar-refractivity contribution in [2.24, 2.45) is 17.4 Å². The molecule has 0 radical (unpaired) electrons. The van der Waals surface area contributed by atoms with Crippen molar-refractivity contribution in [1.82, 2.24) is 4.98 Å². The lowest BCUT2D eigenvalue weighted by Crippen LogP contribution is -2.13. The van der Waals surface area contributed by atoms with Gasteiger partial charge in [-0.25, -0.2) is 4.79 Å². The number of aromatic nitrogens is 1. The fourth-order valence-electron chi connectivity index (χ4n) is 3.97. The summed E-state index contributed by atoms with van der Waals surface area (Å²) < 4.78 is 4.97. The largest absolute Gasteiger partial charge is 0.465 e. The fourth-order valence-corrected chi connectivity index (χ4v) is 5.11. The summed E-state index contributed by atoms with van der Waals surface area (Å²) >= 11 is 1.61. The molecule has 8 heteroatoms. The highest BCUT2D eigenvalue weighted by molar-refractivity contribution is 7.98. The molecular formula is C27H35Cl2N3O2S. The van der Waals surface area contributed by atoms with Crippen molar-refractivity contribution in [3.63, 3.8) is 0 Å². The minimum Gasteiger partial charge on any atom is -0.465 e. The predicted octanol–water partition coefficient (Wildman–Crippen LogP) is 6.10. The fraction of sp³-hybridized carbons (Fsp3) is 0.333. The van der Waals surface area contributed by atoms with E-state index in [9.17, 15) is 4.79 Å². The molecule has 5 nitrogen and oxygen atoms in total. The quantitative estimate of drug-likeness (QED) is 0.254. The number of thioether (sulfide) groups is 1. The van der Waals surface area contributed by atoms with Gasteiger partial charge in [-0.05, 0) is 59.2 Å². The zero-order valence-electron chi connectivity index (χ0n) is 20.7. The normalized spacial score (nSPS) is 10.5. The number of nitrogens with zero attached hydrogens (tertiary/aromatic N) is 1. The Hall–Kier alpha value is -2.09. The van der Waals surface area contributed by atoms with E-state index in [-0.39, 0.29) is 30.8 Å². The molecule has 0 spiro atoms. The SMILES string of the molecule is COC(=O)c1ccccc1SCc1c(C)nc(CC(C)C)c(CN)c1-c1ccc(CN)cc1.Cl.Cl. The van der Waals surface area contributed by atoms with E-state index in [2.05, 4.69) is 45.0 Å². The van der Waals surface area contributed by atoms with E-state index in [4.69, 9.17) is 21.2 Å². The van der Waals surface area contributed by atoms with Crippen LogP contribution in [-0.2, 0) is 30.0 Å². The number of hydrogen-bond acceptors (Lipinski definition) is 6. The molecule has 0 atom stereocenters. The molecule has 3 aromatic rings. The van der Waals surface area contributed by atoms with Crippen LogP contribution >= 0.6 is 36.6 Å². The van der Waals surface area contributed by atoms with Gasteiger partial charge in [-0.3, -0.25) is 4.98 Å². The average Bonchev–Trinajstić information content (AvgIpc) is 2.82. The van der Waals surface area contributed by atoms with Crippen LogP contribution in [0.5, 0.6) is 0 Å². The molecule has 0 aliphatic rings. The number of esters is 1. The summed E-state index contributed by atoms with van der Waals surface area (Å²) in [4.78, 5) is 18.1. The van der Waals surface area contributed by atoms with Crippen molar-refractivity contribution < 1.29 is 9.53 Å². The first-order valence-electron chi connectivity index (χ1n) is 11.2. The van der Waals surface area contributed by atoms with E-state index in [1.54, 1.807) is 17.8 Å². The minimum absolute atomic E-state index is 0. The van der Waals surface area contributed by atoms with E-state index in [1.165, 1.54) is 7.11 Å². The molecular weight excluding hydrogens is 501 g/mol. The van der Waals surface area contributed by atoms with Gasteiger partial charge in [-0.2, -0.15) is 0 Å². The summed E-state index contributed by atoms with van der Waals surface area (Å²) in [5, 5.41) is 0. The number of ether oxygens (including phenoxy) is 1. The molecule has 0 unspecified atom stereocenters. The maximum absolute atomic E-state index is 12.2. The van der Waals surface area contributed by atoms with Gasteiger partial charge in [0.25, 0.3) is 0 Å². The summed E-state index contributed by atoms with van der Waals surface area (Å²) in [6.07, 6.45) is 0.875. The Morgan fingerprint density at radius 2 is 1.66 bits per heavy atom. The molecule has 4 N–H and O–H groups in total. The van der Waals surface area contributed by atoms with Crippen LogP contribution in [0.25, 0.3) is 11.1 Å². The third kappa shape index (κ3) is 7.45. The molecule has 1 heterocycles. The zero-order chi connectivity index (χ0) is 24.0. The molecule has 0 saturated heterocycles. The number of carbonyl (C=O) groups is 1. The first-order chi connectivity index (χ1) is 15.9. The summed E-state index contributed by atoms with van der Waals surface area (Å²) in [5.74, 6) is 0.803. The van der Waals surface area contributed by atoms with Crippen molar-refractivity contribution >= 4 is 42.5 Å². The number of pyridine rings is 1. The van der Waals surface area contributed by atoms with Crippen LogP contribution in [0.4, 0.5) is 0 Å². The first-order valence-corrected chi connectivity index (χ1v) is 12.2. The minimum atomic E-state index is -0.333. The number of hydrogen-bond donors (Lipinski definition) is 2. The van der Waals surface area contributed by atoms with E-state index in [0.29, 0.717) is 30.3 Å². The van der Waals surface area contributed by atoms with E-state index >= 15 is 0 Å². The van der Waals surface area contributed by atoms with Crippen molar-refractivity contribution in [2.45, 2.75) is 50.9 Å². The standard InChI is InChI=1S/C27H33N3O2S.2ClH/c1-17(2)13-24-22(15-29)26(20-11-9-19(14-28)10-12-20)23(18(3)30-24)16-33-25-8-6-5-7-21(25)27(31)32-4;;/h5-12,17H,13-16,28-29H2,1-4H3;2*1H. The predicted molar refractivity (Wildman–Crippen MR) is 151 cm³/mol. The van der Waals surface area contributed by atoms with Gasteiger partial charge in [0, 0.05) is 35.1 Å². The Balaban J connectivity index is 0.00000306. The van der Waals surface area contributed by atoms with Crippen molar-refractivity contribution in [3.8, 4) is 11.1 Å². The molecule has 0 amide bonds. The third-order valence-corrected chi connectivity index (χ3v) is 6.74. The Morgan fingerprint density at radius 1 is 1.00 bits per heavy atom. The second-order valence-electron chi connectivity index (χ2n) is 8.46. The molecule has 0 saturated carbocycles. The van der Waals surface area contributed by atoms with Crippen LogP contribution in [0.2, 0.25) is 0 Å². The highest BCUT2D eigenvalue weighted by atomic mass is 35.5. The van der Waals surface area contributed by atoms with Crippen LogP contribution in [0, 0.1) is 12.8 Å². The Kier molecular flexibility index (Phi) is 12.8. The lowest BCUT2D eigenvalue weighted by molar-refractivity contribution is 0.0597. The number of rotatable bonds is 9. The smallest absolute Gasteiger partial charge is 0.338 e. The number of aryl methyl sites for hydroxylation is 1. The summed E-state index contributed by atoms with van der Waals surface area (Å²) in [7, 11) is 1.40. The van der Waals surface area contributed by atoms with E-state index in [1.807, 2.05) is 18.2 Å². The number of nitrogens with two attached hydrogens (primary N) is 2. The summed E-state index contributed by atoms with van der Waals surface area (Å²) in [5.41, 5.74) is 20.3. The molecule has 0 aliphatic carbocycles. The lowest BCUT2D eigenvalue weighted by atomic mass is 9.90. The van der Waals surface area contributed by atoms with Crippen molar-refractivity contribution in [1.29, 1.82) is 0 Å². The van der Waals surface area contributed by atoms with Crippen LogP contribution in [0.3, 0.4) is 0 Å². The first kappa shape index (κ1) is 30.9. The molecule has 3 rings (SSSR count). The van der Waals surface area contributed by atoms with Gasteiger partial charge in [0.1, 0.15) is 0 Å². The second-order valence-corrected chi connectivity index (χ2v) is 9.47. The Morgan fingerprint density at radius 3 is 2.23 bits per heavy atom. The maximum Gasteiger partial charge on any atom is 0.338 e. The molecule has 2 aromatic carbocycles. The molecule has 0 aliphatic heterocycles. The lowest BCUT2D eigenvalue weighted by Gasteiger charge is -2.21. The summed E-state index contributed by atoms with van der Waals surface area (Å²) in [6.45, 7) is 7.37. The average molecular weight is 537 g/mol. The molecule has 0 bridgehead atoms. The van der Waals surface area contributed by atoms with Crippen LogP contribution < -0.4 is 11.5 Å². The van der Waals surface area contributed by atoms with Gasteiger partial charge in [-0.1, -0.05) is 50.2 Å². The van der Waals surface area contributed by atoms with Crippen molar-refractivity contribution in [2.75, 3.05) is 7.11 Å². The van der Waals surface area contributed by atoms with E-state index < -0.39 is 0 Å². The van der Waals surface area contributed by atoms with Gasteiger partial charge >= 0.3 is 5.97 Å². The van der Waals surface area contributed by atoms with Crippen molar-refractivity contribution in [3.05, 3.63) is 82.2 Å². The molecule has 1 aromatic heterocycles. The maximum atomic E-state index is 12.2. The van der Waals surface area contributed by atoms with Crippen LogP contribution in [0.1, 0.15) is 52.3 Å². The second kappa shape index (κ2) is 14.5. The van der Waals surface area contributed by atoms with Crippen LogP contribution in [-0.4, -0.2) is 18.1 Å². The monoisotopic (exact) mass is 535 g/mol. The Labute approximate surface area is 225 Å². The van der Waals surface area contributed by atoms with E-state index in [0.717, 1.165) is 50.5 Å². The van der Waals surface area contributed by atoms with Gasteiger partial charge in [0.05, 0.1) is 12.7 Å². The van der Waals surface area contributed by atoms with Crippen LogP contribution in [0.15, 0.2) is 53.4 Å². The third-order valence-electron chi connectivity index (χ3n) is 5.64. The zero-order valence-corrected chi connectivity index (χ0v) is 23.1. The van der Waals surface area contributed by atoms with Gasteiger partial charge in [-0.15, -0.1) is 36.6 Å². The number of benzene rings is 2. The number of halogens is 2. The highest BCUT2D eigenvalue weighted by Crippen LogP contribution is 2.37. The number of methoxy groups -OCH3 is 1. The topological polar surface area (TPSA) is 91.2 Å². The summed E-state index contributed by atoms with van der Waals surface area (Å²) in [6, 6.07) is 15.9. The van der Waals surface area contributed by atoms with Gasteiger partial charge in [0.2, 0.25) is 0 Å². The molecule has 190 valence electrons.